The number of fused-ring (bicyclic) bond motifs is 10. The van der Waals surface area contributed by atoms with Crippen LogP contribution in [0.4, 0.5) is 0 Å². The van der Waals surface area contributed by atoms with Crippen molar-refractivity contribution in [3.8, 4) is 45.3 Å². The molecule has 12 rings (SSSR count). The fourth-order valence-corrected chi connectivity index (χ4v) is 8.38. The highest BCUT2D eigenvalue weighted by atomic mass is 16.3. The van der Waals surface area contributed by atoms with Crippen LogP contribution in [-0.4, -0.2) is 15.0 Å². The predicted octanol–water partition coefficient (Wildman–Crippen LogP) is 13.8. The van der Waals surface area contributed by atoms with E-state index < -0.39 is 0 Å². The van der Waals surface area contributed by atoms with Crippen molar-refractivity contribution in [2.24, 2.45) is 0 Å². The monoisotopic (exact) mass is 715 g/mol. The van der Waals surface area contributed by atoms with Gasteiger partial charge in [-0.15, -0.1) is 0 Å². The van der Waals surface area contributed by atoms with Crippen molar-refractivity contribution < 1.29 is 8.83 Å². The first-order valence-electron chi connectivity index (χ1n) is 18.8. The highest BCUT2D eigenvalue weighted by molar-refractivity contribution is 6.19. The number of rotatable bonds is 4. The molecule has 0 radical (unpaired) electrons. The summed E-state index contributed by atoms with van der Waals surface area (Å²) in [5.41, 5.74) is 8.16. The molecular formula is C51H29N3O2. The zero-order chi connectivity index (χ0) is 36.7. The molecular weight excluding hydrogens is 687 g/mol. The maximum Gasteiger partial charge on any atom is 0.164 e. The topological polar surface area (TPSA) is 65.0 Å². The molecule has 12 aromatic rings. The van der Waals surface area contributed by atoms with Crippen molar-refractivity contribution in [3.05, 3.63) is 176 Å². The van der Waals surface area contributed by atoms with Crippen LogP contribution in [-0.2, 0) is 0 Å². The molecule has 9 aromatic carbocycles. The molecule has 0 saturated carbocycles. The second-order valence-electron chi connectivity index (χ2n) is 14.4. The summed E-state index contributed by atoms with van der Waals surface area (Å²) in [6.45, 7) is 0. The van der Waals surface area contributed by atoms with Crippen molar-refractivity contribution in [2.75, 3.05) is 0 Å². The van der Waals surface area contributed by atoms with Crippen LogP contribution in [0.3, 0.4) is 0 Å². The van der Waals surface area contributed by atoms with E-state index in [2.05, 4.69) is 152 Å². The fourth-order valence-electron chi connectivity index (χ4n) is 8.38. The van der Waals surface area contributed by atoms with E-state index in [0.29, 0.717) is 17.5 Å². The number of hydrogen-bond acceptors (Lipinski definition) is 5. The van der Waals surface area contributed by atoms with Gasteiger partial charge in [0.15, 0.2) is 17.5 Å². The summed E-state index contributed by atoms with van der Waals surface area (Å²) in [5, 5.41) is 11.0. The van der Waals surface area contributed by atoms with Gasteiger partial charge in [0.05, 0.1) is 0 Å². The van der Waals surface area contributed by atoms with Crippen molar-refractivity contribution in [2.45, 2.75) is 0 Å². The average Bonchev–Trinajstić information content (AvgIpc) is 3.85. The second-order valence-corrected chi connectivity index (χ2v) is 14.4. The number of hydrogen-bond donors (Lipinski definition) is 0. The first kappa shape index (κ1) is 30.8. The van der Waals surface area contributed by atoms with Gasteiger partial charge in [0.2, 0.25) is 0 Å². The number of benzene rings is 9. The maximum atomic E-state index is 6.73. The van der Waals surface area contributed by atoms with Gasteiger partial charge in [0, 0.05) is 43.8 Å². The largest absolute Gasteiger partial charge is 0.456 e. The molecule has 0 atom stereocenters. The van der Waals surface area contributed by atoms with Gasteiger partial charge in [0.25, 0.3) is 0 Å². The Hall–Kier alpha value is -7.63. The zero-order valence-electron chi connectivity index (χ0n) is 29.9. The molecule has 0 aliphatic heterocycles. The Morgan fingerprint density at radius 1 is 0.304 bits per heavy atom. The summed E-state index contributed by atoms with van der Waals surface area (Å²) >= 11 is 0. The SMILES string of the molecule is c1ccc2cc(-c3nc(-c4ccc5ccc6oc7ccccc7c6c5c4)nc(-c4cccc5oc6c(-c7ccc8ccccc8c7)cccc6c45)n3)ccc2c1. The molecule has 56 heavy (non-hydrogen) atoms. The molecule has 3 aromatic heterocycles. The molecule has 0 fully saturated rings. The molecule has 3 heterocycles. The van der Waals surface area contributed by atoms with Gasteiger partial charge in [-0.2, -0.15) is 0 Å². The molecule has 5 heteroatoms. The van der Waals surface area contributed by atoms with Gasteiger partial charge in [-0.05, 0) is 74.3 Å². The molecule has 0 N–H and O–H groups in total. The van der Waals surface area contributed by atoms with Crippen LogP contribution in [0.2, 0.25) is 0 Å². The lowest BCUT2D eigenvalue weighted by molar-refractivity contribution is 0.669. The maximum absolute atomic E-state index is 6.73. The Morgan fingerprint density at radius 2 is 0.857 bits per heavy atom. The third-order valence-corrected chi connectivity index (χ3v) is 11.1. The fraction of sp³-hybridized carbons (Fsp3) is 0. The summed E-state index contributed by atoms with van der Waals surface area (Å²) in [5.74, 6) is 1.77. The molecule has 0 aliphatic rings. The first-order chi connectivity index (χ1) is 27.7. The Bertz CT molecular complexity index is 3560. The van der Waals surface area contributed by atoms with Crippen LogP contribution >= 0.6 is 0 Å². The normalized spacial score (nSPS) is 11.9. The van der Waals surface area contributed by atoms with E-state index in [1.165, 1.54) is 10.8 Å². The van der Waals surface area contributed by atoms with Gasteiger partial charge < -0.3 is 8.83 Å². The van der Waals surface area contributed by atoms with Gasteiger partial charge in [-0.1, -0.05) is 140 Å². The Balaban J connectivity index is 1.09. The molecule has 0 amide bonds. The van der Waals surface area contributed by atoms with Crippen LogP contribution in [0, 0.1) is 0 Å². The third kappa shape index (κ3) is 4.78. The number of aromatic nitrogens is 3. The quantitative estimate of drug-likeness (QED) is 0.181. The van der Waals surface area contributed by atoms with Gasteiger partial charge >= 0.3 is 0 Å². The molecule has 0 aliphatic carbocycles. The van der Waals surface area contributed by atoms with Crippen LogP contribution < -0.4 is 0 Å². The zero-order valence-corrected chi connectivity index (χ0v) is 29.9. The number of furan rings is 2. The summed E-state index contributed by atoms with van der Waals surface area (Å²) < 4.78 is 13.0. The lowest BCUT2D eigenvalue weighted by Crippen LogP contribution is -2.00. The standard InChI is InChI=1S/C51H29N3O2/c1-3-11-33-27-35(22-19-30(33)9-1)38-14-7-15-40-47-41(16-8-18-44(47)56-48(38)40)51-53-49(36-23-20-31-10-2-4-12-34(31)28-36)52-50(54-51)37-24-21-32-25-26-45-46(42(32)29-37)39-13-5-6-17-43(39)55-45/h1-29H. The smallest absolute Gasteiger partial charge is 0.164 e. The molecule has 260 valence electrons. The Labute approximate surface area is 320 Å². The van der Waals surface area contributed by atoms with Crippen LogP contribution in [0.1, 0.15) is 0 Å². The number of nitrogens with zero attached hydrogens (tertiary/aromatic N) is 3. The average molecular weight is 716 g/mol. The minimum absolute atomic E-state index is 0.578. The summed E-state index contributed by atoms with van der Waals surface area (Å²) in [6.07, 6.45) is 0. The van der Waals surface area contributed by atoms with E-state index in [4.69, 9.17) is 23.8 Å². The second kappa shape index (κ2) is 11.9. The minimum atomic E-state index is 0.578. The Morgan fingerprint density at radius 3 is 1.66 bits per heavy atom. The third-order valence-electron chi connectivity index (χ3n) is 11.1. The molecule has 5 nitrogen and oxygen atoms in total. The summed E-state index contributed by atoms with van der Waals surface area (Å²) in [4.78, 5) is 15.7. The van der Waals surface area contributed by atoms with Crippen molar-refractivity contribution in [3.63, 3.8) is 0 Å². The predicted molar refractivity (Wildman–Crippen MR) is 229 cm³/mol. The van der Waals surface area contributed by atoms with Crippen LogP contribution in [0.5, 0.6) is 0 Å². The van der Waals surface area contributed by atoms with Crippen molar-refractivity contribution >= 4 is 76.2 Å². The first-order valence-corrected chi connectivity index (χ1v) is 18.8. The van der Waals surface area contributed by atoms with Crippen molar-refractivity contribution in [1.82, 2.24) is 15.0 Å². The molecule has 0 spiro atoms. The lowest BCUT2D eigenvalue weighted by atomic mass is 9.98. The minimum Gasteiger partial charge on any atom is -0.456 e. The van der Waals surface area contributed by atoms with E-state index in [0.717, 1.165) is 93.2 Å². The molecule has 0 bridgehead atoms. The molecule has 0 saturated heterocycles. The summed E-state index contributed by atoms with van der Waals surface area (Å²) in [6, 6.07) is 61.0. The lowest BCUT2D eigenvalue weighted by Gasteiger charge is -2.11. The van der Waals surface area contributed by atoms with E-state index in [-0.39, 0.29) is 0 Å². The van der Waals surface area contributed by atoms with E-state index >= 15 is 0 Å². The van der Waals surface area contributed by atoms with E-state index in [9.17, 15) is 0 Å². The van der Waals surface area contributed by atoms with Gasteiger partial charge in [0.1, 0.15) is 22.3 Å². The van der Waals surface area contributed by atoms with Crippen molar-refractivity contribution in [1.29, 1.82) is 0 Å². The highest BCUT2D eigenvalue weighted by Crippen LogP contribution is 2.42. The van der Waals surface area contributed by atoms with Gasteiger partial charge in [-0.25, -0.2) is 15.0 Å². The summed E-state index contributed by atoms with van der Waals surface area (Å²) in [7, 11) is 0. The van der Waals surface area contributed by atoms with E-state index in [1.54, 1.807) is 0 Å². The van der Waals surface area contributed by atoms with E-state index in [1.807, 2.05) is 24.3 Å². The van der Waals surface area contributed by atoms with Crippen LogP contribution in [0.25, 0.3) is 121 Å². The van der Waals surface area contributed by atoms with Gasteiger partial charge in [-0.3, -0.25) is 0 Å². The highest BCUT2D eigenvalue weighted by Gasteiger charge is 2.20. The Kier molecular flexibility index (Phi) is 6.56. The number of para-hydroxylation sites is 2. The molecule has 0 unspecified atom stereocenters. The van der Waals surface area contributed by atoms with Crippen LogP contribution in [0.15, 0.2) is 185 Å².